The van der Waals surface area contributed by atoms with Gasteiger partial charge in [0.15, 0.2) is 5.60 Å². The van der Waals surface area contributed by atoms with Crippen LogP contribution in [0.4, 0.5) is 0 Å². The number of rotatable bonds is 4. The van der Waals surface area contributed by atoms with Crippen LogP contribution in [0.25, 0.3) is 0 Å². The summed E-state index contributed by atoms with van der Waals surface area (Å²) in [7, 11) is 0. The van der Waals surface area contributed by atoms with Gasteiger partial charge in [-0.3, -0.25) is 0 Å². The van der Waals surface area contributed by atoms with Gasteiger partial charge in [0.2, 0.25) is 0 Å². The van der Waals surface area contributed by atoms with Crippen molar-refractivity contribution in [3.05, 3.63) is 12.3 Å². The number of hydrogen-bond donors (Lipinski definition) is 4. The van der Waals surface area contributed by atoms with Crippen LogP contribution in [-0.2, 0) is 4.79 Å². The zero-order valence-electron chi connectivity index (χ0n) is 6.69. The average molecular weight is 176 g/mol. The molecule has 5 heteroatoms. The Morgan fingerprint density at radius 2 is 2.00 bits per heavy atom. The molecule has 70 valence electrons. The Balaban J connectivity index is 4.24. The highest BCUT2D eigenvalue weighted by atomic mass is 16.4. The third-order valence-electron chi connectivity index (χ3n) is 1.44. The summed E-state index contributed by atoms with van der Waals surface area (Å²) < 4.78 is 0. The van der Waals surface area contributed by atoms with Crippen molar-refractivity contribution in [1.29, 1.82) is 0 Å². The highest BCUT2D eigenvalue weighted by Gasteiger charge is 2.33. The fraction of sp³-hybridized carbons (Fsp3) is 0.571. The standard InChI is InChI=1S/C7H12O5/c1-4(8)5(9)3-7(2,12)6(10)11/h5,8-9,12H,1,3H2,2H3,(H,10,11). The van der Waals surface area contributed by atoms with Gasteiger partial charge in [-0.05, 0) is 6.92 Å². The van der Waals surface area contributed by atoms with Crippen LogP contribution in [0.15, 0.2) is 12.3 Å². The molecule has 0 saturated heterocycles. The zero-order chi connectivity index (χ0) is 9.94. The minimum absolute atomic E-state index is 0.488. The van der Waals surface area contributed by atoms with Gasteiger partial charge in [-0.15, -0.1) is 0 Å². The predicted octanol–water partition coefficient (Wildman–Crippen LogP) is -0.355. The highest BCUT2D eigenvalue weighted by Crippen LogP contribution is 2.15. The van der Waals surface area contributed by atoms with Gasteiger partial charge in [0, 0.05) is 6.42 Å². The van der Waals surface area contributed by atoms with Crippen LogP contribution in [0.2, 0.25) is 0 Å². The molecule has 5 nitrogen and oxygen atoms in total. The van der Waals surface area contributed by atoms with Crippen LogP contribution in [0.1, 0.15) is 13.3 Å². The van der Waals surface area contributed by atoms with E-state index in [2.05, 4.69) is 6.58 Å². The third-order valence-corrected chi connectivity index (χ3v) is 1.44. The van der Waals surface area contributed by atoms with Crippen molar-refractivity contribution in [2.75, 3.05) is 0 Å². The van der Waals surface area contributed by atoms with E-state index < -0.39 is 29.9 Å². The Bertz CT molecular complexity index is 196. The normalized spacial score (nSPS) is 17.9. The second-order valence-electron chi connectivity index (χ2n) is 2.79. The van der Waals surface area contributed by atoms with Gasteiger partial charge in [-0.2, -0.15) is 0 Å². The maximum atomic E-state index is 10.3. The molecule has 0 aromatic rings. The SMILES string of the molecule is C=C(O)C(O)CC(C)(O)C(=O)O. The fourth-order valence-corrected chi connectivity index (χ4v) is 0.582. The number of carboxylic acids is 1. The lowest BCUT2D eigenvalue weighted by molar-refractivity contribution is -0.159. The fourth-order valence-electron chi connectivity index (χ4n) is 0.582. The van der Waals surface area contributed by atoms with Gasteiger partial charge in [0.25, 0.3) is 0 Å². The van der Waals surface area contributed by atoms with Gasteiger partial charge < -0.3 is 20.4 Å². The summed E-state index contributed by atoms with van der Waals surface area (Å²) >= 11 is 0. The first-order chi connectivity index (χ1) is 5.27. The number of aliphatic hydroxyl groups is 3. The molecule has 12 heavy (non-hydrogen) atoms. The molecule has 4 N–H and O–H groups in total. The Hall–Kier alpha value is -1.07. The van der Waals surface area contributed by atoms with Crippen LogP contribution in [0.3, 0.4) is 0 Å². The summed E-state index contributed by atoms with van der Waals surface area (Å²) in [6, 6.07) is 0. The summed E-state index contributed by atoms with van der Waals surface area (Å²) in [5.41, 5.74) is -2.05. The van der Waals surface area contributed by atoms with E-state index in [0.29, 0.717) is 0 Å². The van der Waals surface area contributed by atoms with Crippen molar-refractivity contribution < 1.29 is 25.2 Å². The molecule has 0 aliphatic heterocycles. The average Bonchev–Trinajstić information content (AvgIpc) is 1.85. The Morgan fingerprint density at radius 3 is 2.25 bits per heavy atom. The minimum Gasteiger partial charge on any atom is -0.510 e. The Kier molecular flexibility index (Phi) is 3.24. The van der Waals surface area contributed by atoms with Crippen LogP contribution < -0.4 is 0 Å². The van der Waals surface area contributed by atoms with Gasteiger partial charge in [-0.1, -0.05) is 6.58 Å². The largest absolute Gasteiger partial charge is 0.510 e. The molecule has 0 aliphatic rings. The molecular weight excluding hydrogens is 164 g/mol. The Labute approximate surface area is 69.6 Å². The lowest BCUT2D eigenvalue weighted by Gasteiger charge is -2.20. The van der Waals surface area contributed by atoms with E-state index in [-0.39, 0.29) is 0 Å². The van der Waals surface area contributed by atoms with Crippen molar-refractivity contribution in [2.45, 2.75) is 25.0 Å². The van der Waals surface area contributed by atoms with E-state index in [1.54, 1.807) is 0 Å². The molecule has 0 aromatic heterocycles. The molecule has 0 rings (SSSR count). The molecule has 2 atom stereocenters. The maximum Gasteiger partial charge on any atom is 0.335 e. The molecular formula is C7H12O5. The topological polar surface area (TPSA) is 98.0 Å². The van der Waals surface area contributed by atoms with E-state index in [4.69, 9.17) is 20.4 Å². The molecule has 2 unspecified atom stereocenters. The summed E-state index contributed by atoms with van der Waals surface area (Å²) in [4.78, 5) is 10.3. The van der Waals surface area contributed by atoms with Crippen LogP contribution >= 0.6 is 0 Å². The molecule has 0 fully saturated rings. The van der Waals surface area contributed by atoms with Crippen LogP contribution in [0.5, 0.6) is 0 Å². The third kappa shape index (κ3) is 2.89. The zero-order valence-corrected chi connectivity index (χ0v) is 6.69. The van der Waals surface area contributed by atoms with E-state index in [1.807, 2.05) is 0 Å². The number of aliphatic carboxylic acids is 1. The number of hydrogen-bond acceptors (Lipinski definition) is 4. The first-order valence-corrected chi connectivity index (χ1v) is 3.29. The van der Waals surface area contributed by atoms with E-state index in [9.17, 15) is 4.79 Å². The van der Waals surface area contributed by atoms with Crippen LogP contribution in [0, 0.1) is 0 Å². The van der Waals surface area contributed by atoms with E-state index in [1.165, 1.54) is 0 Å². The van der Waals surface area contributed by atoms with E-state index in [0.717, 1.165) is 6.92 Å². The first kappa shape index (κ1) is 10.9. The number of carbonyl (C=O) groups is 1. The minimum atomic E-state index is -2.05. The predicted molar refractivity (Wildman–Crippen MR) is 40.7 cm³/mol. The molecule has 0 radical (unpaired) electrons. The van der Waals surface area contributed by atoms with Crippen molar-refractivity contribution in [2.24, 2.45) is 0 Å². The number of carboxylic acid groups (broad SMARTS) is 1. The lowest BCUT2D eigenvalue weighted by atomic mass is 9.98. The highest BCUT2D eigenvalue weighted by molar-refractivity contribution is 5.76. The molecule has 0 aliphatic carbocycles. The Morgan fingerprint density at radius 1 is 1.58 bits per heavy atom. The van der Waals surface area contributed by atoms with Gasteiger partial charge >= 0.3 is 5.97 Å². The molecule has 0 amide bonds. The summed E-state index contributed by atoms with van der Waals surface area (Å²) in [5, 5.41) is 35.1. The molecule has 0 aromatic carbocycles. The summed E-state index contributed by atoms with van der Waals surface area (Å²) in [6.07, 6.45) is -1.91. The summed E-state index contributed by atoms with van der Waals surface area (Å²) in [5.74, 6) is -2.01. The second kappa shape index (κ2) is 3.55. The van der Waals surface area contributed by atoms with Crippen LogP contribution in [-0.4, -0.2) is 38.1 Å². The van der Waals surface area contributed by atoms with Crippen molar-refractivity contribution in [1.82, 2.24) is 0 Å². The molecule has 0 saturated carbocycles. The second-order valence-corrected chi connectivity index (χ2v) is 2.79. The first-order valence-electron chi connectivity index (χ1n) is 3.29. The number of aliphatic hydroxyl groups excluding tert-OH is 2. The molecule has 0 heterocycles. The van der Waals surface area contributed by atoms with Crippen molar-refractivity contribution in [3.63, 3.8) is 0 Å². The van der Waals surface area contributed by atoms with Crippen molar-refractivity contribution in [3.8, 4) is 0 Å². The molecule has 0 spiro atoms. The quantitative estimate of drug-likeness (QED) is 0.439. The van der Waals surface area contributed by atoms with Gasteiger partial charge in [0.05, 0.1) is 0 Å². The lowest BCUT2D eigenvalue weighted by Crippen LogP contribution is -2.38. The monoisotopic (exact) mass is 176 g/mol. The molecule has 0 bridgehead atoms. The maximum absolute atomic E-state index is 10.3. The van der Waals surface area contributed by atoms with Gasteiger partial charge in [-0.25, -0.2) is 4.79 Å². The smallest absolute Gasteiger partial charge is 0.335 e. The van der Waals surface area contributed by atoms with Gasteiger partial charge in [0.1, 0.15) is 11.9 Å². The van der Waals surface area contributed by atoms with Crippen molar-refractivity contribution >= 4 is 5.97 Å². The van der Waals surface area contributed by atoms with E-state index >= 15 is 0 Å². The summed E-state index contributed by atoms with van der Waals surface area (Å²) in [6.45, 7) is 4.03.